The monoisotopic (exact) mass is 254 g/mol. The number of rotatable bonds is 4. The van der Waals surface area contributed by atoms with Crippen molar-refractivity contribution >= 4 is 9.84 Å². The maximum absolute atomic E-state index is 12.0. The third-order valence-corrected chi connectivity index (χ3v) is 5.89. The van der Waals surface area contributed by atoms with Crippen LogP contribution < -0.4 is 11.5 Å². The lowest BCUT2D eigenvalue weighted by molar-refractivity contribution is 0.587. The maximum atomic E-state index is 12.0. The summed E-state index contributed by atoms with van der Waals surface area (Å²) < 4.78 is 24.0. The van der Waals surface area contributed by atoms with Gasteiger partial charge in [0.2, 0.25) is 0 Å². The van der Waals surface area contributed by atoms with Gasteiger partial charge in [0, 0.05) is 18.2 Å². The lowest BCUT2D eigenvalue weighted by atomic mass is 10.1. The summed E-state index contributed by atoms with van der Waals surface area (Å²) in [6.45, 7) is 1.84. The molecule has 4 N–H and O–H groups in total. The van der Waals surface area contributed by atoms with Crippen LogP contribution in [0.4, 0.5) is 0 Å². The zero-order valence-corrected chi connectivity index (χ0v) is 10.7. The second-order valence-corrected chi connectivity index (χ2v) is 6.99. The molecule has 0 aromatic heterocycles. The van der Waals surface area contributed by atoms with Crippen LogP contribution in [0.5, 0.6) is 0 Å². The summed E-state index contributed by atoms with van der Waals surface area (Å²) in [6.07, 6.45) is 0. The van der Waals surface area contributed by atoms with Gasteiger partial charge in [-0.1, -0.05) is 37.3 Å². The SMILES string of the molecule is CCS(=O)(=O)[C@@H]1[C@H](c2ccccc2)[C@]1(N)CN. The van der Waals surface area contributed by atoms with E-state index in [-0.39, 0.29) is 18.2 Å². The van der Waals surface area contributed by atoms with Crippen LogP contribution in [-0.4, -0.2) is 31.5 Å². The molecule has 2 rings (SSSR count). The molecule has 0 spiro atoms. The predicted molar refractivity (Wildman–Crippen MR) is 68.4 cm³/mol. The molecule has 0 radical (unpaired) electrons. The van der Waals surface area contributed by atoms with Gasteiger partial charge in [-0.3, -0.25) is 0 Å². The summed E-state index contributed by atoms with van der Waals surface area (Å²) in [4.78, 5) is 0. The quantitative estimate of drug-likeness (QED) is 0.806. The number of sulfone groups is 1. The van der Waals surface area contributed by atoms with Crippen LogP contribution in [0.15, 0.2) is 30.3 Å². The van der Waals surface area contributed by atoms with Crippen molar-refractivity contribution in [2.75, 3.05) is 12.3 Å². The smallest absolute Gasteiger partial charge is 0.155 e. The molecule has 1 saturated carbocycles. The summed E-state index contributed by atoms with van der Waals surface area (Å²) in [5.41, 5.74) is 11.9. The average Bonchev–Trinajstić information content (AvgIpc) is 2.99. The Kier molecular flexibility index (Phi) is 3.01. The Hall–Kier alpha value is -0.910. The lowest BCUT2D eigenvalue weighted by Gasteiger charge is -2.07. The van der Waals surface area contributed by atoms with E-state index in [9.17, 15) is 8.42 Å². The molecule has 0 aliphatic heterocycles. The molecular formula is C12H18N2O2S. The van der Waals surface area contributed by atoms with E-state index >= 15 is 0 Å². The second kappa shape index (κ2) is 4.08. The van der Waals surface area contributed by atoms with Crippen molar-refractivity contribution in [2.45, 2.75) is 23.6 Å². The molecule has 4 nitrogen and oxygen atoms in total. The fourth-order valence-corrected chi connectivity index (χ4v) is 4.55. The summed E-state index contributed by atoms with van der Waals surface area (Å²) in [5.74, 6) is -0.0569. The van der Waals surface area contributed by atoms with E-state index in [1.165, 1.54) is 0 Å². The second-order valence-electron chi connectivity index (χ2n) is 4.58. The van der Waals surface area contributed by atoms with Gasteiger partial charge in [0.05, 0.1) is 10.8 Å². The van der Waals surface area contributed by atoms with Crippen LogP contribution in [0, 0.1) is 0 Å². The highest BCUT2D eigenvalue weighted by molar-refractivity contribution is 7.92. The first-order valence-electron chi connectivity index (χ1n) is 5.73. The molecule has 0 heterocycles. The molecule has 17 heavy (non-hydrogen) atoms. The number of benzene rings is 1. The number of hydrogen-bond donors (Lipinski definition) is 2. The van der Waals surface area contributed by atoms with Gasteiger partial charge >= 0.3 is 0 Å². The normalized spacial score (nSPS) is 32.4. The van der Waals surface area contributed by atoms with Crippen molar-refractivity contribution in [1.82, 2.24) is 0 Å². The third kappa shape index (κ3) is 1.88. The van der Waals surface area contributed by atoms with E-state index in [1.807, 2.05) is 30.3 Å². The molecule has 0 unspecified atom stereocenters. The fraction of sp³-hybridized carbons (Fsp3) is 0.500. The number of hydrogen-bond acceptors (Lipinski definition) is 4. The molecule has 1 aromatic rings. The zero-order valence-electron chi connectivity index (χ0n) is 9.84. The van der Waals surface area contributed by atoms with Crippen LogP contribution in [-0.2, 0) is 9.84 Å². The predicted octanol–water partition coefficient (Wildman–Crippen LogP) is 0.243. The van der Waals surface area contributed by atoms with Gasteiger partial charge in [-0.15, -0.1) is 0 Å². The van der Waals surface area contributed by atoms with Gasteiger partial charge in [-0.05, 0) is 5.56 Å². The van der Waals surface area contributed by atoms with Gasteiger partial charge in [-0.2, -0.15) is 0 Å². The minimum atomic E-state index is -3.15. The summed E-state index contributed by atoms with van der Waals surface area (Å²) in [5, 5.41) is -0.535. The van der Waals surface area contributed by atoms with Crippen molar-refractivity contribution in [3.63, 3.8) is 0 Å². The van der Waals surface area contributed by atoms with Crippen LogP contribution in [0.3, 0.4) is 0 Å². The van der Waals surface area contributed by atoms with Crippen molar-refractivity contribution < 1.29 is 8.42 Å². The van der Waals surface area contributed by atoms with E-state index in [4.69, 9.17) is 11.5 Å². The topological polar surface area (TPSA) is 86.2 Å². The first-order chi connectivity index (χ1) is 7.97. The summed E-state index contributed by atoms with van der Waals surface area (Å²) in [7, 11) is -3.15. The van der Waals surface area contributed by atoms with E-state index in [2.05, 4.69) is 0 Å². The first-order valence-corrected chi connectivity index (χ1v) is 7.44. The standard InChI is InChI=1S/C12H18N2O2S/c1-2-17(15,16)11-10(12(11,14)8-13)9-6-4-3-5-7-9/h3-7,10-11H,2,8,13-14H2,1H3/t10-,11+,12+/m0/s1. The molecule has 0 amide bonds. The molecule has 1 fully saturated rings. The molecule has 5 heteroatoms. The van der Waals surface area contributed by atoms with Crippen molar-refractivity contribution in [3.05, 3.63) is 35.9 Å². The largest absolute Gasteiger partial charge is 0.329 e. The summed E-state index contributed by atoms with van der Waals surface area (Å²) >= 11 is 0. The highest BCUT2D eigenvalue weighted by Gasteiger charge is 2.67. The van der Waals surface area contributed by atoms with Crippen molar-refractivity contribution in [2.24, 2.45) is 11.5 Å². The molecule has 1 aliphatic rings. The maximum Gasteiger partial charge on any atom is 0.155 e. The van der Waals surface area contributed by atoms with Crippen molar-refractivity contribution in [1.29, 1.82) is 0 Å². The Labute approximate surface area is 102 Å². The minimum absolute atomic E-state index is 0.111. The number of nitrogens with two attached hydrogens (primary N) is 2. The Morgan fingerprint density at radius 2 is 1.88 bits per heavy atom. The van der Waals surface area contributed by atoms with Crippen LogP contribution in [0.2, 0.25) is 0 Å². The van der Waals surface area contributed by atoms with E-state index < -0.39 is 20.6 Å². The van der Waals surface area contributed by atoms with Gasteiger partial charge in [0.25, 0.3) is 0 Å². The Bertz CT molecular complexity index is 500. The molecule has 1 aromatic carbocycles. The minimum Gasteiger partial charge on any atom is -0.329 e. The van der Waals surface area contributed by atoms with Crippen LogP contribution in [0.25, 0.3) is 0 Å². The summed E-state index contributed by atoms with van der Waals surface area (Å²) in [6, 6.07) is 9.50. The fourth-order valence-electron chi connectivity index (χ4n) is 2.53. The molecule has 94 valence electrons. The van der Waals surface area contributed by atoms with Crippen LogP contribution in [0.1, 0.15) is 18.4 Å². The van der Waals surface area contributed by atoms with Gasteiger partial charge < -0.3 is 11.5 Å². The highest BCUT2D eigenvalue weighted by atomic mass is 32.2. The van der Waals surface area contributed by atoms with Gasteiger partial charge in [-0.25, -0.2) is 8.42 Å². The molecule has 0 bridgehead atoms. The van der Waals surface area contributed by atoms with Crippen LogP contribution >= 0.6 is 0 Å². The van der Waals surface area contributed by atoms with E-state index in [0.29, 0.717) is 0 Å². The van der Waals surface area contributed by atoms with E-state index in [0.717, 1.165) is 5.56 Å². The highest BCUT2D eigenvalue weighted by Crippen LogP contribution is 2.53. The molecule has 0 saturated heterocycles. The van der Waals surface area contributed by atoms with E-state index in [1.54, 1.807) is 6.92 Å². The van der Waals surface area contributed by atoms with Gasteiger partial charge in [0.15, 0.2) is 9.84 Å². The Balaban J connectivity index is 2.37. The molecule has 3 atom stereocenters. The first kappa shape index (κ1) is 12.5. The third-order valence-electron chi connectivity index (χ3n) is 3.60. The zero-order chi connectivity index (χ0) is 12.7. The molecular weight excluding hydrogens is 236 g/mol. The lowest BCUT2D eigenvalue weighted by Crippen LogP contribution is -2.39. The van der Waals surface area contributed by atoms with Crippen molar-refractivity contribution in [3.8, 4) is 0 Å². The van der Waals surface area contributed by atoms with Gasteiger partial charge in [0.1, 0.15) is 0 Å². The average molecular weight is 254 g/mol. The Morgan fingerprint density at radius 1 is 1.29 bits per heavy atom. The Morgan fingerprint density at radius 3 is 2.35 bits per heavy atom. The molecule has 1 aliphatic carbocycles.